The van der Waals surface area contributed by atoms with Gasteiger partial charge in [0.15, 0.2) is 5.11 Å². The highest BCUT2D eigenvalue weighted by Crippen LogP contribution is 2.44. The molecule has 1 fully saturated rings. The van der Waals surface area contributed by atoms with Crippen LogP contribution in [0.25, 0.3) is 0 Å². The van der Waals surface area contributed by atoms with Crippen LogP contribution in [0.3, 0.4) is 0 Å². The topological polar surface area (TPSA) is 42.3 Å². The predicted molar refractivity (Wildman–Crippen MR) is 111 cm³/mol. The Balaban J connectivity index is 1.89. The van der Waals surface area contributed by atoms with Gasteiger partial charge in [-0.15, -0.1) is 0 Å². The van der Waals surface area contributed by atoms with Crippen LogP contribution in [0.4, 0.5) is 5.69 Å². The summed E-state index contributed by atoms with van der Waals surface area (Å²) in [5.74, 6) is 0.791. The monoisotopic (exact) mass is 378 g/mol. The predicted octanol–water partition coefficient (Wildman–Crippen LogP) is 3.91. The van der Waals surface area contributed by atoms with E-state index in [0.29, 0.717) is 5.11 Å². The number of ether oxygens (including phenoxy) is 1. The molecule has 0 spiro atoms. The molecule has 4 rings (SSSR count). The van der Waals surface area contributed by atoms with E-state index in [0.717, 1.165) is 17.1 Å². The molecule has 6 heteroatoms. The summed E-state index contributed by atoms with van der Waals surface area (Å²) in [4.78, 5) is 6.73. The van der Waals surface area contributed by atoms with Gasteiger partial charge in [0, 0.05) is 24.6 Å². The molecule has 27 heavy (non-hydrogen) atoms. The third-order valence-electron chi connectivity index (χ3n) is 5.16. The number of thiocarbonyl (C=S) groups is 1. The number of aryl methyl sites for hydroxylation is 1. The molecule has 1 aliphatic rings. The molecule has 1 aromatic carbocycles. The molecular weight excluding hydrogens is 356 g/mol. The Morgan fingerprint density at radius 1 is 1.07 bits per heavy atom. The second-order valence-electron chi connectivity index (χ2n) is 6.63. The number of pyridine rings is 1. The Morgan fingerprint density at radius 2 is 1.85 bits per heavy atom. The number of para-hydroxylation sites is 2. The molecule has 1 N–H and O–H groups in total. The zero-order valence-electron chi connectivity index (χ0n) is 15.6. The van der Waals surface area contributed by atoms with Gasteiger partial charge in [-0.05, 0) is 55.5 Å². The lowest BCUT2D eigenvalue weighted by atomic mass is 10.0. The van der Waals surface area contributed by atoms with E-state index in [1.165, 1.54) is 11.4 Å². The molecular formula is C21H22N4OS. The van der Waals surface area contributed by atoms with E-state index in [1.807, 2.05) is 48.7 Å². The van der Waals surface area contributed by atoms with Crippen LogP contribution < -0.4 is 15.0 Å². The van der Waals surface area contributed by atoms with E-state index >= 15 is 0 Å². The number of hydrogen-bond donors (Lipinski definition) is 1. The minimum atomic E-state index is -0.0587. The lowest BCUT2D eigenvalue weighted by Crippen LogP contribution is -2.30. The third-order valence-corrected chi connectivity index (χ3v) is 5.47. The van der Waals surface area contributed by atoms with Crippen LogP contribution in [0.5, 0.6) is 5.75 Å². The highest BCUT2D eigenvalue weighted by atomic mass is 32.1. The number of nitrogens with zero attached hydrogens (tertiary/aromatic N) is 3. The standard InChI is InChI=1S/C21H22N4OS/c1-14-11-12-17(24(14)2)20-19(15-8-6-7-13-22-15)23-21(27)25(20)16-9-4-5-10-18(16)26-3/h4-13,19-20H,1-3H3,(H,23,27)/t19-,20+/m1/s1. The van der Waals surface area contributed by atoms with Crippen molar-refractivity contribution in [1.82, 2.24) is 14.9 Å². The molecule has 138 valence electrons. The fraction of sp³-hybridized carbons (Fsp3) is 0.238. The van der Waals surface area contributed by atoms with E-state index < -0.39 is 0 Å². The molecule has 3 heterocycles. The number of methoxy groups -OCH3 is 1. The van der Waals surface area contributed by atoms with Gasteiger partial charge in [0.05, 0.1) is 24.5 Å². The van der Waals surface area contributed by atoms with Gasteiger partial charge in [0.25, 0.3) is 0 Å². The van der Waals surface area contributed by atoms with Crippen LogP contribution in [0.2, 0.25) is 0 Å². The molecule has 0 unspecified atom stereocenters. The summed E-state index contributed by atoms with van der Waals surface area (Å²) in [6.07, 6.45) is 1.82. The highest BCUT2D eigenvalue weighted by Gasteiger charge is 2.42. The maximum absolute atomic E-state index is 5.76. The Labute approximate surface area is 164 Å². The van der Waals surface area contributed by atoms with E-state index in [4.69, 9.17) is 17.0 Å². The molecule has 3 aromatic rings. The second-order valence-corrected chi connectivity index (χ2v) is 7.01. The first-order valence-corrected chi connectivity index (χ1v) is 9.28. The van der Waals surface area contributed by atoms with E-state index in [-0.39, 0.29) is 12.1 Å². The number of nitrogens with one attached hydrogen (secondary N) is 1. The van der Waals surface area contributed by atoms with Crippen molar-refractivity contribution in [3.8, 4) is 5.75 Å². The molecule has 0 amide bonds. The first kappa shape index (κ1) is 17.5. The zero-order chi connectivity index (χ0) is 19.0. The Morgan fingerprint density at radius 3 is 2.52 bits per heavy atom. The van der Waals surface area contributed by atoms with E-state index in [2.05, 4.69) is 45.9 Å². The van der Waals surface area contributed by atoms with Crippen molar-refractivity contribution in [3.05, 3.63) is 77.9 Å². The molecule has 2 aromatic heterocycles. The van der Waals surface area contributed by atoms with Crippen LogP contribution >= 0.6 is 12.2 Å². The normalized spacial score (nSPS) is 19.2. The number of anilines is 1. The van der Waals surface area contributed by atoms with Gasteiger partial charge in [0.1, 0.15) is 11.8 Å². The Kier molecular flexibility index (Phi) is 4.58. The summed E-state index contributed by atoms with van der Waals surface area (Å²) in [5, 5.41) is 4.15. The molecule has 1 aliphatic heterocycles. The first-order valence-electron chi connectivity index (χ1n) is 8.87. The van der Waals surface area contributed by atoms with Crippen LogP contribution in [-0.2, 0) is 7.05 Å². The number of rotatable bonds is 4. The van der Waals surface area contributed by atoms with Gasteiger partial charge in [-0.2, -0.15) is 0 Å². The van der Waals surface area contributed by atoms with Crippen molar-refractivity contribution in [3.63, 3.8) is 0 Å². The minimum absolute atomic E-state index is 0.0394. The fourth-order valence-corrected chi connectivity index (χ4v) is 4.01. The van der Waals surface area contributed by atoms with Crippen LogP contribution in [0.15, 0.2) is 60.8 Å². The SMILES string of the molecule is COc1ccccc1N1C(=S)N[C@H](c2ccccn2)[C@@H]1c1ccc(C)n1C. The number of aromatic nitrogens is 2. The van der Waals surface area contributed by atoms with Crippen molar-refractivity contribution >= 4 is 23.0 Å². The molecule has 2 atom stereocenters. The average Bonchev–Trinajstić information content (AvgIpc) is 3.21. The quantitative estimate of drug-likeness (QED) is 0.697. The summed E-state index contributed by atoms with van der Waals surface area (Å²) in [7, 11) is 3.77. The van der Waals surface area contributed by atoms with Crippen molar-refractivity contribution in [2.45, 2.75) is 19.0 Å². The number of hydrogen-bond acceptors (Lipinski definition) is 3. The van der Waals surface area contributed by atoms with Crippen molar-refractivity contribution < 1.29 is 4.74 Å². The van der Waals surface area contributed by atoms with E-state index in [9.17, 15) is 0 Å². The minimum Gasteiger partial charge on any atom is -0.495 e. The lowest BCUT2D eigenvalue weighted by molar-refractivity contribution is 0.414. The zero-order valence-corrected chi connectivity index (χ0v) is 16.4. The van der Waals surface area contributed by atoms with Gasteiger partial charge in [0.2, 0.25) is 0 Å². The highest BCUT2D eigenvalue weighted by molar-refractivity contribution is 7.80. The van der Waals surface area contributed by atoms with Crippen LogP contribution in [-0.4, -0.2) is 21.8 Å². The maximum atomic E-state index is 5.76. The Bertz CT molecular complexity index is 969. The number of benzene rings is 1. The fourth-order valence-electron chi connectivity index (χ4n) is 3.67. The first-order chi connectivity index (χ1) is 13.1. The molecule has 0 radical (unpaired) electrons. The van der Waals surface area contributed by atoms with Gasteiger partial charge < -0.3 is 19.5 Å². The third kappa shape index (κ3) is 2.96. The lowest BCUT2D eigenvalue weighted by Gasteiger charge is -2.29. The van der Waals surface area contributed by atoms with Gasteiger partial charge >= 0.3 is 0 Å². The van der Waals surface area contributed by atoms with Crippen molar-refractivity contribution in [1.29, 1.82) is 0 Å². The van der Waals surface area contributed by atoms with Crippen molar-refractivity contribution in [2.75, 3.05) is 12.0 Å². The maximum Gasteiger partial charge on any atom is 0.174 e. The largest absolute Gasteiger partial charge is 0.495 e. The second kappa shape index (κ2) is 7.04. The molecule has 0 saturated carbocycles. The average molecular weight is 379 g/mol. The van der Waals surface area contributed by atoms with Crippen LogP contribution in [0, 0.1) is 6.92 Å². The Hall–Kier alpha value is -2.86. The molecule has 0 bridgehead atoms. The van der Waals surface area contributed by atoms with E-state index in [1.54, 1.807) is 7.11 Å². The van der Waals surface area contributed by atoms with Gasteiger partial charge in [-0.1, -0.05) is 18.2 Å². The summed E-state index contributed by atoms with van der Waals surface area (Å²) in [5.41, 5.74) is 4.27. The van der Waals surface area contributed by atoms with Crippen molar-refractivity contribution in [2.24, 2.45) is 7.05 Å². The summed E-state index contributed by atoms with van der Waals surface area (Å²) in [6.45, 7) is 2.10. The molecule has 5 nitrogen and oxygen atoms in total. The summed E-state index contributed by atoms with van der Waals surface area (Å²) in [6, 6.07) is 18.1. The molecule has 0 aliphatic carbocycles. The van der Waals surface area contributed by atoms with Gasteiger partial charge in [-0.3, -0.25) is 4.98 Å². The summed E-state index contributed by atoms with van der Waals surface area (Å²) < 4.78 is 7.82. The molecule has 1 saturated heterocycles. The van der Waals surface area contributed by atoms with Crippen LogP contribution in [0.1, 0.15) is 29.2 Å². The smallest absolute Gasteiger partial charge is 0.174 e. The van der Waals surface area contributed by atoms with Gasteiger partial charge in [-0.25, -0.2) is 0 Å². The summed E-state index contributed by atoms with van der Waals surface area (Å²) >= 11 is 5.76.